The molecule has 2 atom stereocenters. The first-order valence-electron chi connectivity index (χ1n) is 3.63. The molecule has 0 aliphatic carbocycles. The zero-order valence-electron chi connectivity index (χ0n) is 7.09. The molecule has 0 saturated heterocycles. The van der Waals surface area contributed by atoms with Crippen LogP contribution in [0.25, 0.3) is 0 Å². The molecule has 64 valence electrons. The minimum Gasteiger partial charge on any atom is -0.312 e. The zero-order chi connectivity index (χ0) is 8.69. The van der Waals surface area contributed by atoms with Crippen LogP contribution in [-0.2, 0) is 10.8 Å². The third kappa shape index (κ3) is 7.57. The van der Waals surface area contributed by atoms with Crippen LogP contribution in [0.2, 0.25) is 0 Å². The van der Waals surface area contributed by atoms with E-state index in [1.807, 2.05) is 6.92 Å². The molecule has 0 spiro atoms. The van der Waals surface area contributed by atoms with E-state index < -0.39 is 10.8 Å². The van der Waals surface area contributed by atoms with Gasteiger partial charge >= 0.3 is 0 Å². The lowest BCUT2D eigenvalue weighted by Crippen LogP contribution is -2.31. The van der Waals surface area contributed by atoms with Gasteiger partial charge in [0.15, 0.2) is 0 Å². The molecule has 1 N–H and O–H groups in total. The molecule has 0 aromatic heterocycles. The van der Waals surface area contributed by atoms with Gasteiger partial charge in [0.1, 0.15) is 0 Å². The summed E-state index contributed by atoms with van der Waals surface area (Å²) in [5.74, 6) is 3.24. The van der Waals surface area contributed by atoms with E-state index in [1.54, 1.807) is 6.26 Å². The summed E-state index contributed by atoms with van der Waals surface area (Å²) in [6.45, 7) is 2.83. The Bertz CT molecular complexity index is 162. The first-order valence-corrected chi connectivity index (χ1v) is 5.36. The maximum absolute atomic E-state index is 10.7. The molecular formula is C8H15NOS. The predicted molar refractivity (Wildman–Crippen MR) is 49.8 cm³/mol. The second-order valence-electron chi connectivity index (χ2n) is 2.55. The highest BCUT2D eigenvalue weighted by Crippen LogP contribution is 1.85. The van der Waals surface area contributed by atoms with Gasteiger partial charge in [-0.2, -0.15) is 0 Å². The van der Waals surface area contributed by atoms with E-state index in [0.29, 0.717) is 11.8 Å². The summed E-state index contributed by atoms with van der Waals surface area (Å²) in [4.78, 5) is 0. The molecule has 3 heteroatoms. The molecule has 2 unspecified atom stereocenters. The van der Waals surface area contributed by atoms with Crippen molar-refractivity contribution in [2.24, 2.45) is 0 Å². The van der Waals surface area contributed by atoms with Gasteiger partial charge in [-0.15, -0.1) is 12.3 Å². The molecule has 0 saturated carbocycles. The number of rotatable bonds is 5. The first kappa shape index (κ1) is 10.7. The average molecular weight is 173 g/mol. The molecule has 0 radical (unpaired) electrons. The highest BCUT2D eigenvalue weighted by Gasteiger charge is 2.01. The summed E-state index contributed by atoms with van der Waals surface area (Å²) in [6, 6.07) is 0.300. The van der Waals surface area contributed by atoms with E-state index >= 15 is 0 Å². The zero-order valence-corrected chi connectivity index (χ0v) is 7.91. The Kier molecular flexibility index (Phi) is 6.19. The molecule has 11 heavy (non-hydrogen) atoms. The van der Waals surface area contributed by atoms with Crippen molar-refractivity contribution in [3.8, 4) is 12.3 Å². The Morgan fingerprint density at radius 3 is 2.82 bits per heavy atom. The van der Waals surface area contributed by atoms with Crippen molar-refractivity contribution < 1.29 is 4.21 Å². The van der Waals surface area contributed by atoms with Gasteiger partial charge in [-0.25, -0.2) is 0 Å². The van der Waals surface area contributed by atoms with Gasteiger partial charge in [0.2, 0.25) is 0 Å². The van der Waals surface area contributed by atoms with Crippen LogP contribution in [0, 0.1) is 12.3 Å². The van der Waals surface area contributed by atoms with E-state index in [9.17, 15) is 4.21 Å². The summed E-state index contributed by atoms with van der Waals surface area (Å²) in [5.41, 5.74) is 0. The van der Waals surface area contributed by atoms with E-state index in [0.717, 1.165) is 13.0 Å². The highest BCUT2D eigenvalue weighted by molar-refractivity contribution is 7.84. The van der Waals surface area contributed by atoms with Crippen LogP contribution in [-0.4, -0.2) is 28.8 Å². The largest absolute Gasteiger partial charge is 0.312 e. The van der Waals surface area contributed by atoms with Gasteiger partial charge in [-0.05, 0) is 6.92 Å². The van der Waals surface area contributed by atoms with Gasteiger partial charge in [0.25, 0.3) is 0 Å². The van der Waals surface area contributed by atoms with Crippen LogP contribution in [0.4, 0.5) is 0 Å². The van der Waals surface area contributed by atoms with Crippen molar-refractivity contribution in [1.82, 2.24) is 5.32 Å². The Morgan fingerprint density at radius 2 is 2.36 bits per heavy atom. The van der Waals surface area contributed by atoms with Crippen molar-refractivity contribution >= 4 is 10.8 Å². The highest BCUT2D eigenvalue weighted by atomic mass is 32.2. The molecule has 0 aromatic carbocycles. The maximum atomic E-state index is 10.7. The van der Waals surface area contributed by atoms with Crippen LogP contribution in [0.1, 0.15) is 13.3 Å². The molecule has 0 amide bonds. The van der Waals surface area contributed by atoms with Crippen LogP contribution in [0.3, 0.4) is 0 Å². The standard InChI is InChI=1S/C8H15NOS/c1-4-5-6-9-8(2)7-11(3)10/h1,8-9H,5-7H2,2-3H3. The molecule has 0 aliphatic rings. The third-order valence-corrected chi connectivity index (χ3v) is 2.22. The molecule has 0 bridgehead atoms. The second-order valence-corrected chi connectivity index (χ2v) is 4.03. The molecule has 0 aliphatic heterocycles. The SMILES string of the molecule is C#CCCNC(C)CS(C)=O. The van der Waals surface area contributed by atoms with Gasteiger partial charge in [0.05, 0.1) is 0 Å². The monoisotopic (exact) mass is 173 g/mol. The van der Waals surface area contributed by atoms with E-state index in [-0.39, 0.29) is 0 Å². The quantitative estimate of drug-likeness (QED) is 0.480. The topological polar surface area (TPSA) is 29.1 Å². The Morgan fingerprint density at radius 1 is 1.73 bits per heavy atom. The number of nitrogens with one attached hydrogen (secondary N) is 1. The van der Waals surface area contributed by atoms with E-state index in [4.69, 9.17) is 6.42 Å². The summed E-state index contributed by atoms with van der Waals surface area (Å²) >= 11 is 0. The summed E-state index contributed by atoms with van der Waals surface area (Å²) in [7, 11) is -0.715. The fraction of sp³-hybridized carbons (Fsp3) is 0.750. The summed E-state index contributed by atoms with van der Waals surface area (Å²) in [6.07, 6.45) is 7.51. The normalized spacial score (nSPS) is 15.4. The van der Waals surface area contributed by atoms with Crippen LogP contribution < -0.4 is 5.32 Å². The second kappa shape index (κ2) is 6.38. The fourth-order valence-electron chi connectivity index (χ4n) is 0.802. The van der Waals surface area contributed by atoms with Crippen LogP contribution >= 0.6 is 0 Å². The Balaban J connectivity index is 3.31. The fourth-order valence-corrected chi connectivity index (χ4v) is 1.62. The van der Waals surface area contributed by atoms with Crippen molar-refractivity contribution in [3.63, 3.8) is 0 Å². The minimum absolute atomic E-state index is 0.300. The van der Waals surface area contributed by atoms with Gasteiger partial charge in [-0.1, -0.05) is 0 Å². The molecule has 0 rings (SSSR count). The maximum Gasteiger partial charge on any atom is 0.0383 e. The number of terminal acetylenes is 1. The smallest absolute Gasteiger partial charge is 0.0383 e. The Labute approximate surface area is 71.2 Å². The van der Waals surface area contributed by atoms with Gasteiger partial charge in [0, 0.05) is 41.8 Å². The molecule has 0 aromatic rings. The van der Waals surface area contributed by atoms with Crippen molar-refractivity contribution in [3.05, 3.63) is 0 Å². The summed E-state index contributed by atoms with van der Waals surface area (Å²) < 4.78 is 10.7. The lowest BCUT2D eigenvalue weighted by atomic mass is 10.3. The molecule has 2 nitrogen and oxygen atoms in total. The summed E-state index contributed by atoms with van der Waals surface area (Å²) in [5, 5.41) is 3.18. The lowest BCUT2D eigenvalue weighted by molar-refractivity contribution is 0.596. The van der Waals surface area contributed by atoms with Crippen molar-refractivity contribution in [1.29, 1.82) is 0 Å². The minimum atomic E-state index is -0.715. The third-order valence-electron chi connectivity index (χ3n) is 1.25. The van der Waals surface area contributed by atoms with Crippen LogP contribution in [0.5, 0.6) is 0 Å². The van der Waals surface area contributed by atoms with Crippen molar-refractivity contribution in [2.75, 3.05) is 18.6 Å². The van der Waals surface area contributed by atoms with E-state index in [2.05, 4.69) is 11.2 Å². The number of hydrogen-bond acceptors (Lipinski definition) is 2. The van der Waals surface area contributed by atoms with Gasteiger partial charge < -0.3 is 5.32 Å². The lowest BCUT2D eigenvalue weighted by Gasteiger charge is -2.09. The molecule has 0 fully saturated rings. The molecular weight excluding hydrogens is 158 g/mol. The average Bonchev–Trinajstić information content (AvgIpc) is 1.86. The van der Waals surface area contributed by atoms with E-state index in [1.165, 1.54) is 0 Å². The number of hydrogen-bond donors (Lipinski definition) is 1. The predicted octanol–water partition coefficient (Wildman–Crippen LogP) is 0.366. The first-order chi connectivity index (χ1) is 5.16. The Hall–Kier alpha value is -0.330. The van der Waals surface area contributed by atoms with Crippen LogP contribution in [0.15, 0.2) is 0 Å². The van der Waals surface area contributed by atoms with Crippen molar-refractivity contribution in [2.45, 2.75) is 19.4 Å². The van der Waals surface area contributed by atoms with Gasteiger partial charge in [-0.3, -0.25) is 4.21 Å². The molecule has 0 heterocycles.